The van der Waals surface area contributed by atoms with Crippen molar-refractivity contribution in [2.24, 2.45) is 0 Å². The number of nitrogens with zero attached hydrogens (tertiary/aromatic N) is 1. The lowest BCUT2D eigenvalue weighted by Crippen LogP contribution is -2.14. The van der Waals surface area contributed by atoms with E-state index in [4.69, 9.17) is 5.73 Å². The van der Waals surface area contributed by atoms with Crippen molar-refractivity contribution in [3.05, 3.63) is 65.4 Å². The first kappa shape index (κ1) is 14.1. The number of nitrogens with two attached hydrogens (primary N) is 1. The van der Waals surface area contributed by atoms with Gasteiger partial charge in [-0.2, -0.15) is 0 Å². The molecular weight excluding hydrogens is 274 g/mol. The zero-order valence-corrected chi connectivity index (χ0v) is 12.6. The average molecular weight is 291 g/mol. The van der Waals surface area contributed by atoms with Crippen LogP contribution in [0, 0.1) is 13.8 Å². The molecule has 0 spiro atoms. The second-order valence-electron chi connectivity index (χ2n) is 5.37. The van der Waals surface area contributed by atoms with Gasteiger partial charge in [-0.15, -0.1) is 0 Å². The molecule has 1 amide bonds. The molecular formula is C18H17N3O. The van der Waals surface area contributed by atoms with Gasteiger partial charge in [0.25, 0.3) is 5.91 Å². The monoisotopic (exact) mass is 291 g/mol. The van der Waals surface area contributed by atoms with Gasteiger partial charge in [0.05, 0.1) is 22.5 Å². The summed E-state index contributed by atoms with van der Waals surface area (Å²) < 4.78 is 0. The molecule has 2 aromatic carbocycles. The van der Waals surface area contributed by atoms with Crippen LogP contribution in [0.5, 0.6) is 0 Å². The summed E-state index contributed by atoms with van der Waals surface area (Å²) >= 11 is 0. The molecule has 1 heterocycles. The number of fused-ring (bicyclic) bond motifs is 1. The molecule has 0 bridgehead atoms. The summed E-state index contributed by atoms with van der Waals surface area (Å²) in [5.74, 6) is -0.181. The van der Waals surface area contributed by atoms with Gasteiger partial charge in [0, 0.05) is 11.1 Å². The Hall–Kier alpha value is -2.88. The minimum atomic E-state index is -0.181. The van der Waals surface area contributed by atoms with Crippen molar-refractivity contribution < 1.29 is 4.79 Å². The van der Waals surface area contributed by atoms with Crippen LogP contribution in [-0.4, -0.2) is 10.9 Å². The molecule has 4 nitrogen and oxygen atoms in total. The molecule has 0 aliphatic carbocycles. The molecule has 110 valence electrons. The lowest BCUT2D eigenvalue weighted by Gasteiger charge is -2.11. The molecule has 0 saturated carbocycles. The number of benzene rings is 2. The summed E-state index contributed by atoms with van der Waals surface area (Å²) in [6, 6.07) is 14.9. The van der Waals surface area contributed by atoms with E-state index in [2.05, 4.69) is 10.3 Å². The normalized spacial score (nSPS) is 10.6. The lowest BCUT2D eigenvalue weighted by atomic mass is 10.0. The number of hydrogen-bond donors (Lipinski definition) is 2. The van der Waals surface area contributed by atoms with Crippen molar-refractivity contribution in [2.75, 3.05) is 11.1 Å². The van der Waals surface area contributed by atoms with Crippen LogP contribution in [-0.2, 0) is 0 Å². The van der Waals surface area contributed by atoms with Crippen LogP contribution < -0.4 is 11.1 Å². The van der Waals surface area contributed by atoms with Crippen molar-refractivity contribution in [1.82, 2.24) is 4.98 Å². The molecule has 0 atom stereocenters. The van der Waals surface area contributed by atoms with E-state index >= 15 is 0 Å². The van der Waals surface area contributed by atoms with Crippen LogP contribution in [0.4, 0.5) is 11.4 Å². The Morgan fingerprint density at radius 2 is 1.86 bits per heavy atom. The molecule has 0 fully saturated rings. The van der Waals surface area contributed by atoms with Gasteiger partial charge in [0.1, 0.15) is 0 Å². The first-order valence-electron chi connectivity index (χ1n) is 7.08. The number of carbonyl (C=O) groups is 1. The van der Waals surface area contributed by atoms with E-state index in [1.165, 1.54) is 0 Å². The van der Waals surface area contributed by atoms with Crippen LogP contribution >= 0.6 is 0 Å². The topological polar surface area (TPSA) is 68.0 Å². The van der Waals surface area contributed by atoms with Crippen molar-refractivity contribution in [3.8, 4) is 0 Å². The maximum Gasteiger partial charge on any atom is 0.256 e. The van der Waals surface area contributed by atoms with Crippen LogP contribution in [0.1, 0.15) is 21.6 Å². The van der Waals surface area contributed by atoms with Crippen LogP contribution in [0.15, 0.2) is 48.5 Å². The fourth-order valence-corrected chi connectivity index (χ4v) is 2.46. The number of amides is 1. The number of carbonyl (C=O) groups excluding carboxylic acids is 1. The molecule has 0 unspecified atom stereocenters. The Morgan fingerprint density at radius 1 is 1.09 bits per heavy atom. The summed E-state index contributed by atoms with van der Waals surface area (Å²) in [5.41, 5.74) is 10.4. The van der Waals surface area contributed by atoms with E-state index in [-0.39, 0.29) is 5.91 Å². The first-order valence-corrected chi connectivity index (χ1v) is 7.08. The van der Waals surface area contributed by atoms with Gasteiger partial charge >= 0.3 is 0 Å². The minimum Gasteiger partial charge on any atom is -0.397 e. The molecule has 0 radical (unpaired) electrons. The largest absolute Gasteiger partial charge is 0.397 e. The maximum atomic E-state index is 12.6. The quantitative estimate of drug-likeness (QED) is 0.708. The molecule has 0 aliphatic rings. The molecule has 22 heavy (non-hydrogen) atoms. The fourth-order valence-electron chi connectivity index (χ4n) is 2.46. The molecule has 3 rings (SSSR count). The van der Waals surface area contributed by atoms with E-state index < -0.39 is 0 Å². The smallest absolute Gasteiger partial charge is 0.256 e. The standard InChI is InChI=1S/C18H17N3O/c1-11-7-8-16-13(9-11)14(10-12(2)20-16)18(22)21-17-6-4-3-5-15(17)19/h3-10H,19H2,1-2H3,(H,21,22). The Labute approximate surface area is 129 Å². The molecule has 3 N–H and O–H groups in total. The number of hydrogen-bond acceptors (Lipinski definition) is 3. The number of pyridine rings is 1. The first-order chi connectivity index (χ1) is 10.5. The molecule has 1 aromatic heterocycles. The number of aryl methyl sites for hydroxylation is 2. The molecule has 0 saturated heterocycles. The van der Waals surface area contributed by atoms with Gasteiger partial charge in [0.2, 0.25) is 0 Å². The highest BCUT2D eigenvalue weighted by Gasteiger charge is 2.13. The zero-order chi connectivity index (χ0) is 15.7. The van der Waals surface area contributed by atoms with E-state index in [0.717, 1.165) is 22.2 Å². The van der Waals surface area contributed by atoms with Gasteiger partial charge in [-0.3, -0.25) is 9.78 Å². The van der Waals surface area contributed by atoms with Gasteiger partial charge in [0.15, 0.2) is 0 Å². The second-order valence-corrected chi connectivity index (χ2v) is 5.37. The van der Waals surface area contributed by atoms with E-state index in [1.54, 1.807) is 18.2 Å². The van der Waals surface area contributed by atoms with Gasteiger partial charge in [-0.05, 0) is 44.2 Å². The second kappa shape index (κ2) is 5.48. The van der Waals surface area contributed by atoms with Crippen molar-refractivity contribution in [3.63, 3.8) is 0 Å². The fraction of sp³-hybridized carbons (Fsp3) is 0.111. The molecule has 0 aliphatic heterocycles. The summed E-state index contributed by atoms with van der Waals surface area (Å²) in [6.45, 7) is 3.88. The Kier molecular flexibility index (Phi) is 3.51. The zero-order valence-electron chi connectivity index (χ0n) is 12.6. The summed E-state index contributed by atoms with van der Waals surface area (Å²) in [7, 11) is 0. The third-order valence-corrected chi connectivity index (χ3v) is 3.55. The minimum absolute atomic E-state index is 0.181. The van der Waals surface area contributed by atoms with Gasteiger partial charge in [-0.25, -0.2) is 0 Å². The van der Waals surface area contributed by atoms with E-state index in [1.807, 2.05) is 44.2 Å². The number of aromatic nitrogens is 1. The number of anilines is 2. The molecule has 3 aromatic rings. The number of nitrogen functional groups attached to an aromatic ring is 1. The van der Waals surface area contributed by atoms with E-state index in [9.17, 15) is 4.79 Å². The highest BCUT2D eigenvalue weighted by Crippen LogP contribution is 2.23. The van der Waals surface area contributed by atoms with Gasteiger partial charge < -0.3 is 11.1 Å². The third kappa shape index (κ3) is 2.63. The summed E-state index contributed by atoms with van der Waals surface area (Å²) in [5, 5.41) is 3.72. The Bertz CT molecular complexity index is 871. The summed E-state index contributed by atoms with van der Waals surface area (Å²) in [4.78, 5) is 17.1. The lowest BCUT2D eigenvalue weighted by molar-refractivity contribution is 0.102. The van der Waals surface area contributed by atoms with E-state index in [0.29, 0.717) is 16.9 Å². The van der Waals surface area contributed by atoms with Crippen molar-refractivity contribution in [2.45, 2.75) is 13.8 Å². The van der Waals surface area contributed by atoms with Crippen molar-refractivity contribution >= 4 is 28.2 Å². The highest BCUT2D eigenvalue weighted by molar-refractivity contribution is 6.13. The maximum absolute atomic E-state index is 12.6. The van der Waals surface area contributed by atoms with Crippen LogP contribution in [0.25, 0.3) is 10.9 Å². The van der Waals surface area contributed by atoms with Crippen LogP contribution in [0.3, 0.4) is 0 Å². The predicted octanol–water partition coefficient (Wildman–Crippen LogP) is 3.69. The highest BCUT2D eigenvalue weighted by atomic mass is 16.1. The Morgan fingerprint density at radius 3 is 2.64 bits per heavy atom. The van der Waals surface area contributed by atoms with Crippen molar-refractivity contribution in [1.29, 1.82) is 0 Å². The Balaban J connectivity index is 2.07. The number of para-hydroxylation sites is 2. The summed E-state index contributed by atoms with van der Waals surface area (Å²) in [6.07, 6.45) is 0. The average Bonchev–Trinajstić information content (AvgIpc) is 2.49. The third-order valence-electron chi connectivity index (χ3n) is 3.55. The van der Waals surface area contributed by atoms with Gasteiger partial charge in [-0.1, -0.05) is 23.8 Å². The predicted molar refractivity (Wildman–Crippen MR) is 90.0 cm³/mol. The number of nitrogens with one attached hydrogen (secondary N) is 1. The number of rotatable bonds is 2. The molecule has 4 heteroatoms. The SMILES string of the molecule is Cc1ccc2nc(C)cc(C(=O)Nc3ccccc3N)c2c1. The van der Waals surface area contributed by atoms with Crippen LogP contribution in [0.2, 0.25) is 0 Å².